The van der Waals surface area contributed by atoms with Crippen molar-refractivity contribution < 1.29 is 0 Å². The zero-order valence-corrected chi connectivity index (χ0v) is 9.83. The highest BCUT2D eigenvalue weighted by atomic mass is 35.5. The summed E-state index contributed by atoms with van der Waals surface area (Å²) >= 11 is 6.08. The molecule has 0 aliphatic heterocycles. The Kier molecular flexibility index (Phi) is 3.27. The number of aromatic amines is 1. The molecule has 1 heterocycles. The molecule has 4 heteroatoms. The van der Waals surface area contributed by atoms with Crippen molar-refractivity contribution in [2.75, 3.05) is 0 Å². The standard InChI is InChI=1S/C12H14ClN3/c1-8(14)11-7-15-12(16-11)6-9-4-2-3-5-10(9)13/h2-5,7-8H,6,14H2,1H3,(H,15,16)/t8-/m0/s1. The van der Waals surface area contributed by atoms with E-state index in [4.69, 9.17) is 17.3 Å². The Morgan fingerprint density at radius 3 is 2.81 bits per heavy atom. The molecule has 3 N–H and O–H groups in total. The number of nitrogens with one attached hydrogen (secondary N) is 1. The van der Waals surface area contributed by atoms with Crippen molar-refractivity contribution >= 4 is 11.6 Å². The Labute approximate surface area is 99.7 Å². The van der Waals surface area contributed by atoms with Crippen LogP contribution in [0.2, 0.25) is 5.02 Å². The Hall–Kier alpha value is -1.32. The van der Waals surface area contributed by atoms with Crippen molar-refractivity contribution in [1.29, 1.82) is 0 Å². The fourth-order valence-corrected chi connectivity index (χ4v) is 1.72. The SMILES string of the molecule is C[C@H](N)c1cnc(Cc2ccccc2Cl)[nH]1. The first kappa shape index (κ1) is 11.2. The minimum Gasteiger partial charge on any atom is -0.344 e. The van der Waals surface area contributed by atoms with Crippen LogP contribution in [-0.2, 0) is 6.42 Å². The van der Waals surface area contributed by atoms with Crippen molar-refractivity contribution in [1.82, 2.24) is 9.97 Å². The van der Waals surface area contributed by atoms with Crippen molar-refractivity contribution in [3.05, 3.63) is 52.6 Å². The minimum atomic E-state index is -0.0208. The molecule has 2 aromatic rings. The average Bonchev–Trinajstić information content (AvgIpc) is 2.70. The van der Waals surface area contributed by atoms with E-state index in [1.54, 1.807) is 6.20 Å². The molecule has 16 heavy (non-hydrogen) atoms. The van der Waals surface area contributed by atoms with Crippen LogP contribution in [0.1, 0.15) is 30.0 Å². The first-order chi connectivity index (χ1) is 7.66. The quantitative estimate of drug-likeness (QED) is 0.860. The summed E-state index contributed by atoms with van der Waals surface area (Å²) in [6.45, 7) is 1.92. The van der Waals surface area contributed by atoms with Crippen LogP contribution in [-0.4, -0.2) is 9.97 Å². The Morgan fingerprint density at radius 1 is 1.44 bits per heavy atom. The van der Waals surface area contributed by atoms with Gasteiger partial charge in [-0.3, -0.25) is 0 Å². The van der Waals surface area contributed by atoms with E-state index in [2.05, 4.69) is 9.97 Å². The van der Waals surface area contributed by atoms with Gasteiger partial charge in [-0.1, -0.05) is 29.8 Å². The predicted octanol–water partition coefficient (Wildman–Crippen LogP) is 2.67. The minimum absolute atomic E-state index is 0.0208. The summed E-state index contributed by atoms with van der Waals surface area (Å²) in [5.74, 6) is 0.889. The molecule has 0 fully saturated rings. The summed E-state index contributed by atoms with van der Waals surface area (Å²) < 4.78 is 0. The number of hydrogen-bond donors (Lipinski definition) is 2. The van der Waals surface area contributed by atoms with Gasteiger partial charge in [0, 0.05) is 23.7 Å². The second-order valence-corrected chi connectivity index (χ2v) is 4.25. The van der Waals surface area contributed by atoms with E-state index in [9.17, 15) is 0 Å². The summed E-state index contributed by atoms with van der Waals surface area (Å²) in [6.07, 6.45) is 2.48. The molecule has 0 aliphatic carbocycles. The third-order valence-electron chi connectivity index (χ3n) is 2.45. The monoisotopic (exact) mass is 235 g/mol. The topological polar surface area (TPSA) is 54.7 Å². The normalized spacial score (nSPS) is 12.7. The summed E-state index contributed by atoms with van der Waals surface area (Å²) in [7, 11) is 0. The van der Waals surface area contributed by atoms with Crippen LogP contribution in [0.15, 0.2) is 30.5 Å². The molecule has 2 rings (SSSR count). The van der Waals surface area contributed by atoms with Gasteiger partial charge < -0.3 is 10.7 Å². The van der Waals surface area contributed by atoms with Crippen LogP contribution in [0, 0.1) is 0 Å². The number of hydrogen-bond acceptors (Lipinski definition) is 2. The van der Waals surface area contributed by atoms with Crippen LogP contribution in [0.25, 0.3) is 0 Å². The predicted molar refractivity (Wildman–Crippen MR) is 65.4 cm³/mol. The van der Waals surface area contributed by atoms with Crippen molar-refractivity contribution in [2.24, 2.45) is 5.73 Å². The summed E-state index contributed by atoms with van der Waals surface area (Å²) in [4.78, 5) is 7.47. The molecule has 0 saturated carbocycles. The van der Waals surface area contributed by atoms with Gasteiger partial charge in [0.15, 0.2) is 0 Å². The van der Waals surface area contributed by atoms with E-state index in [1.807, 2.05) is 31.2 Å². The van der Waals surface area contributed by atoms with Gasteiger partial charge in [-0.05, 0) is 18.6 Å². The number of nitrogens with zero attached hydrogens (tertiary/aromatic N) is 1. The molecule has 0 bridgehead atoms. The molecule has 1 aromatic heterocycles. The molecule has 0 unspecified atom stereocenters. The average molecular weight is 236 g/mol. The number of aromatic nitrogens is 2. The number of halogens is 1. The molecule has 0 radical (unpaired) electrons. The summed E-state index contributed by atoms with van der Waals surface area (Å²) in [5.41, 5.74) is 7.76. The molecular weight excluding hydrogens is 222 g/mol. The number of benzene rings is 1. The van der Waals surface area contributed by atoms with Crippen LogP contribution >= 0.6 is 11.6 Å². The van der Waals surface area contributed by atoms with E-state index >= 15 is 0 Å². The molecule has 1 aromatic carbocycles. The summed E-state index contributed by atoms with van der Waals surface area (Å²) in [5, 5.41) is 0.765. The largest absolute Gasteiger partial charge is 0.344 e. The highest BCUT2D eigenvalue weighted by Crippen LogP contribution is 2.18. The van der Waals surface area contributed by atoms with E-state index in [1.165, 1.54) is 0 Å². The first-order valence-corrected chi connectivity index (χ1v) is 5.57. The van der Waals surface area contributed by atoms with Gasteiger partial charge in [-0.2, -0.15) is 0 Å². The lowest BCUT2D eigenvalue weighted by atomic mass is 10.1. The van der Waals surface area contributed by atoms with Gasteiger partial charge >= 0.3 is 0 Å². The lowest BCUT2D eigenvalue weighted by Crippen LogP contribution is -2.05. The smallest absolute Gasteiger partial charge is 0.110 e. The highest BCUT2D eigenvalue weighted by Gasteiger charge is 2.06. The molecule has 84 valence electrons. The van der Waals surface area contributed by atoms with Crippen LogP contribution < -0.4 is 5.73 Å². The van der Waals surface area contributed by atoms with E-state index in [0.29, 0.717) is 6.42 Å². The number of imidazole rings is 1. The molecular formula is C12H14ClN3. The fourth-order valence-electron chi connectivity index (χ4n) is 1.52. The number of H-pyrrole nitrogens is 1. The maximum absolute atomic E-state index is 6.08. The van der Waals surface area contributed by atoms with Gasteiger partial charge in [0.2, 0.25) is 0 Å². The van der Waals surface area contributed by atoms with Gasteiger partial charge in [0.05, 0.1) is 5.69 Å². The van der Waals surface area contributed by atoms with E-state index in [-0.39, 0.29) is 6.04 Å². The number of rotatable bonds is 3. The Bertz CT molecular complexity index is 477. The fraction of sp³-hybridized carbons (Fsp3) is 0.250. The van der Waals surface area contributed by atoms with Crippen molar-refractivity contribution in [2.45, 2.75) is 19.4 Å². The van der Waals surface area contributed by atoms with Crippen molar-refractivity contribution in [3.8, 4) is 0 Å². The zero-order valence-electron chi connectivity index (χ0n) is 9.07. The second-order valence-electron chi connectivity index (χ2n) is 3.84. The second kappa shape index (κ2) is 4.68. The number of nitrogens with two attached hydrogens (primary N) is 1. The third kappa shape index (κ3) is 2.43. The van der Waals surface area contributed by atoms with Crippen LogP contribution in [0.5, 0.6) is 0 Å². The molecule has 3 nitrogen and oxygen atoms in total. The molecule has 0 saturated heterocycles. The van der Waals surface area contributed by atoms with Gasteiger partial charge in [0.1, 0.15) is 5.82 Å². The first-order valence-electron chi connectivity index (χ1n) is 5.19. The maximum Gasteiger partial charge on any atom is 0.110 e. The van der Waals surface area contributed by atoms with Crippen LogP contribution in [0.4, 0.5) is 0 Å². The molecule has 0 spiro atoms. The van der Waals surface area contributed by atoms with Crippen LogP contribution in [0.3, 0.4) is 0 Å². The molecule has 1 atom stereocenters. The highest BCUT2D eigenvalue weighted by molar-refractivity contribution is 6.31. The lowest BCUT2D eigenvalue weighted by Gasteiger charge is -2.02. The van der Waals surface area contributed by atoms with E-state index in [0.717, 1.165) is 22.1 Å². The lowest BCUT2D eigenvalue weighted by molar-refractivity contribution is 0.784. The zero-order chi connectivity index (χ0) is 11.5. The molecule has 0 aliphatic rings. The van der Waals surface area contributed by atoms with Gasteiger partial charge in [0.25, 0.3) is 0 Å². The van der Waals surface area contributed by atoms with Gasteiger partial charge in [-0.25, -0.2) is 4.98 Å². The van der Waals surface area contributed by atoms with Gasteiger partial charge in [-0.15, -0.1) is 0 Å². The van der Waals surface area contributed by atoms with E-state index < -0.39 is 0 Å². The summed E-state index contributed by atoms with van der Waals surface area (Å²) in [6, 6.07) is 7.74. The van der Waals surface area contributed by atoms with Crippen molar-refractivity contribution in [3.63, 3.8) is 0 Å². The Balaban J connectivity index is 2.18. The maximum atomic E-state index is 6.08. The third-order valence-corrected chi connectivity index (χ3v) is 2.82. The molecule has 0 amide bonds. The Morgan fingerprint density at radius 2 is 2.19 bits per heavy atom.